The van der Waals surface area contributed by atoms with E-state index in [4.69, 9.17) is 4.74 Å². The van der Waals surface area contributed by atoms with Crippen LogP contribution in [0.4, 0.5) is 5.82 Å². The molecule has 25 heavy (non-hydrogen) atoms. The molecule has 0 radical (unpaired) electrons. The Hall–Kier alpha value is -2.95. The zero-order chi connectivity index (χ0) is 17.6. The van der Waals surface area contributed by atoms with E-state index in [1.165, 1.54) is 0 Å². The van der Waals surface area contributed by atoms with Gasteiger partial charge in [-0.2, -0.15) is 0 Å². The maximum absolute atomic E-state index is 5.58. The van der Waals surface area contributed by atoms with Crippen molar-refractivity contribution >= 4 is 5.82 Å². The molecule has 5 heteroatoms. The van der Waals surface area contributed by atoms with Crippen molar-refractivity contribution in [3.63, 3.8) is 0 Å². The van der Waals surface area contributed by atoms with Crippen LogP contribution in [-0.4, -0.2) is 21.6 Å². The summed E-state index contributed by atoms with van der Waals surface area (Å²) in [5.74, 6) is 2.34. The van der Waals surface area contributed by atoms with Crippen molar-refractivity contribution in [2.75, 3.05) is 11.9 Å². The molecular formula is C20H22N4O. The van der Waals surface area contributed by atoms with E-state index < -0.39 is 0 Å². The van der Waals surface area contributed by atoms with Gasteiger partial charge in [0.15, 0.2) is 5.82 Å². The Morgan fingerprint density at radius 3 is 2.76 bits per heavy atom. The van der Waals surface area contributed by atoms with Gasteiger partial charge in [-0.3, -0.25) is 4.98 Å². The molecule has 0 aliphatic rings. The largest absolute Gasteiger partial charge is 0.494 e. The van der Waals surface area contributed by atoms with Crippen LogP contribution in [0.25, 0.3) is 11.4 Å². The first-order valence-corrected chi connectivity index (χ1v) is 8.41. The molecule has 0 fully saturated rings. The van der Waals surface area contributed by atoms with Gasteiger partial charge < -0.3 is 10.1 Å². The van der Waals surface area contributed by atoms with E-state index in [9.17, 15) is 0 Å². The maximum atomic E-state index is 5.58. The number of hydrogen-bond acceptors (Lipinski definition) is 5. The Bertz CT molecular complexity index is 836. The predicted octanol–water partition coefficient (Wildman–Crippen LogP) is 4.42. The second kappa shape index (κ2) is 7.75. The Kier molecular flexibility index (Phi) is 5.23. The molecule has 1 N–H and O–H groups in total. The summed E-state index contributed by atoms with van der Waals surface area (Å²) in [6.45, 7) is 6.71. The molecule has 0 aliphatic carbocycles. The highest BCUT2D eigenvalue weighted by Crippen LogP contribution is 2.24. The summed E-state index contributed by atoms with van der Waals surface area (Å²) in [7, 11) is 0. The molecule has 0 spiro atoms. The number of anilines is 1. The van der Waals surface area contributed by atoms with Crippen LogP contribution in [0.15, 0.2) is 54.9 Å². The van der Waals surface area contributed by atoms with Crippen LogP contribution < -0.4 is 10.1 Å². The Morgan fingerprint density at radius 2 is 2.00 bits per heavy atom. The van der Waals surface area contributed by atoms with Gasteiger partial charge in [-0.1, -0.05) is 12.1 Å². The van der Waals surface area contributed by atoms with Gasteiger partial charge in [-0.15, -0.1) is 0 Å². The first-order valence-electron chi connectivity index (χ1n) is 8.41. The number of nitrogens with zero attached hydrogens (tertiary/aromatic N) is 3. The van der Waals surface area contributed by atoms with Crippen LogP contribution in [0.1, 0.15) is 31.1 Å². The lowest BCUT2D eigenvalue weighted by Crippen LogP contribution is -2.09. The van der Waals surface area contributed by atoms with Crippen molar-refractivity contribution in [2.45, 2.75) is 26.8 Å². The molecule has 3 rings (SSSR count). The fraction of sp³-hybridized carbons (Fsp3) is 0.250. The van der Waals surface area contributed by atoms with E-state index in [0.29, 0.717) is 12.4 Å². The van der Waals surface area contributed by atoms with E-state index >= 15 is 0 Å². The van der Waals surface area contributed by atoms with Crippen molar-refractivity contribution in [3.05, 3.63) is 66.1 Å². The van der Waals surface area contributed by atoms with Gasteiger partial charge >= 0.3 is 0 Å². The summed E-state index contributed by atoms with van der Waals surface area (Å²) < 4.78 is 5.58. The van der Waals surface area contributed by atoms with Gasteiger partial charge in [0.1, 0.15) is 11.6 Å². The second-order valence-electron chi connectivity index (χ2n) is 5.83. The third kappa shape index (κ3) is 4.32. The molecule has 2 aromatic heterocycles. The number of benzene rings is 1. The summed E-state index contributed by atoms with van der Waals surface area (Å²) in [4.78, 5) is 13.3. The predicted molar refractivity (Wildman–Crippen MR) is 99.6 cm³/mol. The molecule has 0 saturated carbocycles. The summed E-state index contributed by atoms with van der Waals surface area (Å²) in [6.07, 6.45) is 3.51. The average molecular weight is 334 g/mol. The van der Waals surface area contributed by atoms with Crippen LogP contribution >= 0.6 is 0 Å². The zero-order valence-corrected chi connectivity index (χ0v) is 14.7. The standard InChI is InChI=1S/C20H22N4O/c1-4-25-18-9-5-7-16(12-18)15(3)23-19-11-14(2)22-20(24-19)17-8-6-10-21-13-17/h5-13,15H,4H2,1-3H3,(H,22,23,24). The van der Waals surface area contributed by atoms with Crippen molar-refractivity contribution in [1.29, 1.82) is 0 Å². The quantitative estimate of drug-likeness (QED) is 0.723. The lowest BCUT2D eigenvalue weighted by Gasteiger charge is -2.17. The Balaban J connectivity index is 1.83. The van der Waals surface area contributed by atoms with Crippen molar-refractivity contribution in [2.24, 2.45) is 0 Å². The molecule has 0 bridgehead atoms. The molecule has 128 valence electrons. The minimum Gasteiger partial charge on any atom is -0.494 e. The van der Waals surface area contributed by atoms with Gasteiger partial charge in [-0.05, 0) is 50.6 Å². The van der Waals surface area contributed by atoms with Gasteiger partial charge in [0.2, 0.25) is 0 Å². The minimum absolute atomic E-state index is 0.0939. The van der Waals surface area contributed by atoms with Gasteiger partial charge in [0.05, 0.1) is 12.6 Å². The van der Waals surface area contributed by atoms with Crippen LogP contribution in [0.2, 0.25) is 0 Å². The van der Waals surface area contributed by atoms with E-state index in [1.807, 2.05) is 44.2 Å². The zero-order valence-electron chi connectivity index (χ0n) is 14.7. The van der Waals surface area contributed by atoms with Gasteiger partial charge in [0, 0.05) is 29.7 Å². The molecular weight excluding hydrogens is 312 g/mol. The maximum Gasteiger partial charge on any atom is 0.163 e. The third-order valence-electron chi connectivity index (χ3n) is 3.81. The molecule has 2 heterocycles. The minimum atomic E-state index is 0.0939. The van der Waals surface area contributed by atoms with Crippen LogP contribution in [0.3, 0.4) is 0 Å². The molecule has 5 nitrogen and oxygen atoms in total. The summed E-state index contributed by atoms with van der Waals surface area (Å²) in [5, 5.41) is 3.45. The monoisotopic (exact) mass is 334 g/mol. The van der Waals surface area contributed by atoms with Crippen molar-refractivity contribution in [1.82, 2.24) is 15.0 Å². The molecule has 3 aromatic rings. The van der Waals surface area contributed by atoms with E-state index in [2.05, 4.69) is 39.3 Å². The Labute approximate surface area is 148 Å². The number of aromatic nitrogens is 3. The second-order valence-corrected chi connectivity index (χ2v) is 5.83. The number of ether oxygens (including phenoxy) is 1. The molecule has 1 aromatic carbocycles. The fourth-order valence-corrected chi connectivity index (χ4v) is 2.61. The van der Waals surface area contributed by atoms with E-state index in [-0.39, 0.29) is 6.04 Å². The highest BCUT2D eigenvalue weighted by Gasteiger charge is 2.10. The van der Waals surface area contributed by atoms with Crippen molar-refractivity contribution < 1.29 is 4.74 Å². The third-order valence-corrected chi connectivity index (χ3v) is 3.81. The lowest BCUT2D eigenvalue weighted by molar-refractivity contribution is 0.340. The first kappa shape index (κ1) is 16.9. The highest BCUT2D eigenvalue weighted by atomic mass is 16.5. The smallest absolute Gasteiger partial charge is 0.163 e. The SMILES string of the molecule is CCOc1cccc(C(C)Nc2cc(C)nc(-c3cccnc3)n2)c1. The fourth-order valence-electron chi connectivity index (χ4n) is 2.61. The molecule has 0 aliphatic heterocycles. The molecule has 1 atom stereocenters. The highest BCUT2D eigenvalue weighted by molar-refractivity contribution is 5.56. The Morgan fingerprint density at radius 1 is 1.12 bits per heavy atom. The number of hydrogen-bond donors (Lipinski definition) is 1. The molecule has 1 unspecified atom stereocenters. The molecule has 0 amide bonds. The number of nitrogens with one attached hydrogen (secondary N) is 1. The van der Waals surface area contributed by atoms with E-state index in [1.54, 1.807) is 12.4 Å². The normalized spacial score (nSPS) is 11.8. The molecule has 0 saturated heterocycles. The number of pyridine rings is 1. The lowest BCUT2D eigenvalue weighted by atomic mass is 10.1. The topological polar surface area (TPSA) is 59.9 Å². The van der Waals surface area contributed by atoms with Crippen LogP contribution in [-0.2, 0) is 0 Å². The first-order chi connectivity index (χ1) is 12.2. The van der Waals surface area contributed by atoms with E-state index in [0.717, 1.165) is 28.4 Å². The van der Waals surface area contributed by atoms with Crippen LogP contribution in [0, 0.1) is 6.92 Å². The summed E-state index contributed by atoms with van der Waals surface area (Å²) in [5.41, 5.74) is 2.96. The number of rotatable bonds is 6. The average Bonchev–Trinajstić information content (AvgIpc) is 2.62. The van der Waals surface area contributed by atoms with Crippen LogP contribution in [0.5, 0.6) is 5.75 Å². The van der Waals surface area contributed by atoms with Gasteiger partial charge in [-0.25, -0.2) is 9.97 Å². The van der Waals surface area contributed by atoms with Crippen molar-refractivity contribution in [3.8, 4) is 17.1 Å². The summed E-state index contributed by atoms with van der Waals surface area (Å²) in [6, 6.07) is 14.0. The number of aryl methyl sites for hydroxylation is 1. The summed E-state index contributed by atoms with van der Waals surface area (Å²) >= 11 is 0. The van der Waals surface area contributed by atoms with Gasteiger partial charge in [0.25, 0.3) is 0 Å².